The normalized spacial score (nSPS) is 19.3. The standard InChI is InChI=1S/C79H154N4O6/c1-8-11-14-17-20-23-26-29-32-35-39-44-49-54-59-71(84)66-77(88,62-56-51-46-41-37-34-31-28-25-22-19-16-13-10-3)70-80-81-73(86)61-65-82-74(87)78(89-79(82)63-57-52-47-42-38-43-48-53-58-64-79)68-75(4,5)83(76(6,7)69-78)67-72(85)60-55-50-45-40-36-33-30-27-24-21-18-15-12-9-2/h71-72,80,84-85,88H,8-70H2,1-7H3,(H,81,86). The van der Waals surface area contributed by atoms with E-state index >= 15 is 4.79 Å². The van der Waals surface area contributed by atoms with Crippen LogP contribution in [0.5, 0.6) is 0 Å². The molecule has 1 saturated carbocycles. The van der Waals surface area contributed by atoms with E-state index in [0.717, 1.165) is 83.5 Å². The quantitative estimate of drug-likeness (QED) is 0.0300. The molecule has 10 heteroatoms. The van der Waals surface area contributed by atoms with Crippen molar-refractivity contribution in [2.45, 2.75) is 474 Å². The average molecular weight is 1260 g/mol. The lowest BCUT2D eigenvalue weighted by atomic mass is 9.70. The Bertz CT molecular complexity index is 1660. The number of β-amino-alcohol motifs (C(OH)–C–C–N with tert-alkyl or cyclic N) is 1. The predicted molar refractivity (Wildman–Crippen MR) is 380 cm³/mol. The molecule has 0 bridgehead atoms. The number of carbonyl (C=O) groups is 2. The molecule has 3 rings (SSSR count). The van der Waals surface area contributed by atoms with Crippen molar-refractivity contribution in [1.29, 1.82) is 0 Å². The first-order valence-corrected chi connectivity index (χ1v) is 40.0. The number of aliphatic hydroxyl groups excluding tert-OH is 2. The number of nitrogens with one attached hydrogen (secondary N) is 2. The van der Waals surface area contributed by atoms with Gasteiger partial charge in [0, 0.05) is 56.4 Å². The fourth-order valence-corrected chi connectivity index (χ4v) is 16.4. The van der Waals surface area contributed by atoms with Crippen LogP contribution in [0.3, 0.4) is 0 Å². The topological polar surface area (TPSA) is 135 Å². The molecule has 0 aromatic heterocycles. The van der Waals surface area contributed by atoms with Crippen molar-refractivity contribution in [1.82, 2.24) is 20.7 Å². The van der Waals surface area contributed by atoms with Gasteiger partial charge in [0.15, 0.2) is 5.60 Å². The summed E-state index contributed by atoms with van der Waals surface area (Å²) in [5, 5.41) is 35.4. The van der Waals surface area contributed by atoms with Gasteiger partial charge in [0.2, 0.25) is 5.91 Å². The van der Waals surface area contributed by atoms with Gasteiger partial charge in [-0.25, -0.2) is 5.43 Å². The van der Waals surface area contributed by atoms with Gasteiger partial charge in [-0.05, 0) is 72.6 Å². The van der Waals surface area contributed by atoms with E-state index < -0.39 is 40.2 Å². The molecule has 2 heterocycles. The SMILES string of the molecule is CCCCCCCCCCCCCCCCC(O)CN1C(C)(C)CC2(CC1(C)C)OC1(CCCCCCCCCCC1)N(CCC(=O)NNCC(O)(CCCCCCCCCCCCCCCC)CC(O)CCCCCCCCCCCCCCCC)C2=O. The minimum atomic E-state index is -1.15. The summed E-state index contributed by atoms with van der Waals surface area (Å²) in [7, 11) is 0. The maximum atomic E-state index is 15.6. The van der Waals surface area contributed by atoms with Crippen molar-refractivity contribution in [2.24, 2.45) is 0 Å². The fraction of sp³-hybridized carbons (Fsp3) is 0.975. The van der Waals surface area contributed by atoms with E-state index in [1.54, 1.807) is 0 Å². The summed E-state index contributed by atoms with van der Waals surface area (Å²) in [4.78, 5) is 34.1. The highest BCUT2D eigenvalue weighted by Crippen LogP contribution is 2.54. The van der Waals surface area contributed by atoms with Crippen LogP contribution in [0.2, 0.25) is 0 Å². The number of unbranched alkanes of at least 4 members (excludes halogenated alkanes) is 39. The molecule has 2 spiro atoms. The number of ether oxygens (including phenoxy) is 1. The first-order chi connectivity index (χ1) is 43.1. The van der Waals surface area contributed by atoms with Gasteiger partial charge in [-0.15, -0.1) is 0 Å². The molecule has 3 atom stereocenters. The zero-order valence-electron chi connectivity index (χ0n) is 60.7. The summed E-state index contributed by atoms with van der Waals surface area (Å²) in [5.41, 5.74) is 2.36. The van der Waals surface area contributed by atoms with E-state index in [1.807, 2.05) is 4.90 Å². The maximum absolute atomic E-state index is 15.6. The minimum absolute atomic E-state index is 0.0319. The van der Waals surface area contributed by atoms with E-state index in [2.05, 4.69) is 64.2 Å². The molecule has 2 aliphatic heterocycles. The smallest absolute Gasteiger partial charge is 0.257 e. The summed E-state index contributed by atoms with van der Waals surface area (Å²) in [6, 6.07) is 0. The molecule has 2 saturated heterocycles. The molecule has 0 radical (unpaired) electrons. The van der Waals surface area contributed by atoms with E-state index in [0.29, 0.717) is 38.6 Å². The summed E-state index contributed by atoms with van der Waals surface area (Å²) in [5.74, 6) is -0.170. The Balaban J connectivity index is 1.59. The summed E-state index contributed by atoms with van der Waals surface area (Å²) < 4.78 is 7.59. The van der Waals surface area contributed by atoms with E-state index in [-0.39, 0.29) is 31.3 Å². The molecular weight excluding hydrogens is 1100 g/mol. The van der Waals surface area contributed by atoms with Gasteiger partial charge in [-0.1, -0.05) is 335 Å². The Morgan fingerprint density at radius 2 is 0.809 bits per heavy atom. The van der Waals surface area contributed by atoms with Crippen molar-refractivity contribution >= 4 is 11.8 Å². The monoisotopic (exact) mass is 1260 g/mol. The van der Waals surface area contributed by atoms with Gasteiger partial charge in [-0.3, -0.25) is 19.9 Å². The Kier molecular flexibility index (Phi) is 46.2. The number of aliphatic hydroxyl groups is 3. The van der Waals surface area contributed by atoms with Gasteiger partial charge in [0.05, 0.1) is 17.8 Å². The lowest BCUT2D eigenvalue weighted by Gasteiger charge is -2.58. The van der Waals surface area contributed by atoms with Crippen LogP contribution in [0.4, 0.5) is 0 Å². The summed E-state index contributed by atoms with van der Waals surface area (Å²) in [6.45, 7) is 16.9. The first kappa shape index (κ1) is 81.9. The van der Waals surface area contributed by atoms with Gasteiger partial charge in [0.1, 0.15) is 5.72 Å². The molecule has 89 heavy (non-hydrogen) atoms. The second-order valence-electron chi connectivity index (χ2n) is 31.3. The zero-order chi connectivity index (χ0) is 64.6. The number of nitrogens with zero attached hydrogens (tertiary/aromatic N) is 2. The fourth-order valence-electron chi connectivity index (χ4n) is 16.4. The van der Waals surface area contributed by atoms with E-state index in [9.17, 15) is 20.1 Å². The third-order valence-corrected chi connectivity index (χ3v) is 21.5. The van der Waals surface area contributed by atoms with Gasteiger partial charge in [0.25, 0.3) is 5.91 Å². The van der Waals surface area contributed by atoms with Crippen LogP contribution in [0, 0.1) is 0 Å². The molecule has 1 aliphatic carbocycles. The van der Waals surface area contributed by atoms with Gasteiger partial charge >= 0.3 is 0 Å². The predicted octanol–water partition coefficient (Wildman–Crippen LogP) is 21.7. The molecule has 10 nitrogen and oxygen atoms in total. The van der Waals surface area contributed by atoms with Crippen molar-refractivity contribution < 1.29 is 29.6 Å². The second-order valence-corrected chi connectivity index (χ2v) is 31.3. The van der Waals surface area contributed by atoms with Crippen LogP contribution in [-0.4, -0.2) is 96.8 Å². The van der Waals surface area contributed by atoms with Crippen molar-refractivity contribution in [3.63, 3.8) is 0 Å². The highest BCUT2D eigenvalue weighted by molar-refractivity contribution is 5.89. The van der Waals surface area contributed by atoms with E-state index in [1.165, 1.54) is 263 Å². The number of hydrazine groups is 1. The Hall–Kier alpha value is -1.30. The highest BCUT2D eigenvalue weighted by Gasteiger charge is 2.66. The van der Waals surface area contributed by atoms with Crippen molar-refractivity contribution in [3.8, 4) is 0 Å². The molecule has 526 valence electrons. The van der Waals surface area contributed by atoms with Crippen molar-refractivity contribution in [3.05, 3.63) is 0 Å². The molecule has 3 fully saturated rings. The maximum Gasteiger partial charge on any atom is 0.257 e. The molecule has 0 aromatic carbocycles. The van der Waals surface area contributed by atoms with Crippen LogP contribution < -0.4 is 10.9 Å². The number of piperidine rings is 1. The van der Waals surface area contributed by atoms with Crippen LogP contribution >= 0.6 is 0 Å². The Morgan fingerprint density at radius 1 is 0.483 bits per heavy atom. The third kappa shape index (κ3) is 36.4. The van der Waals surface area contributed by atoms with Crippen LogP contribution in [0.1, 0.15) is 434 Å². The minimum Gasteiger partial charge on any atom is -0.393 e. The van der Waals surface area contributed by atoms with Gasteiger partial charge in [-0.2, -0.15) is 0 Å². The molecule has 3 unspecified atom stereocenters. The molecular formula is C79H154N4O6. The number of likely N-dealkylation sites (tertiary alicyclic amines) is 1. The van der Waals surface area contributed by atoms with Crippen molar-refractivity contribution in [2.75, 3.05) is 19.6 Å². The summed E-state index contributed by atoms with van der Waals surface area (Å²) in [6.07, 6.45) is 69.1. The molecule has 0 aromatic rings. The Morgan fingerprint density at radius 3 is 1.18 bits per heavy atom. The Labute approximate surface area is 553 Å². The average Bonchev–Trinajstić information content (AvgIpc) is 1.60. The number of hydrogen-bond donors (Lipinski definition) is 5. The zero-order valence-corrected chi connectivity index (χ0v) is 60.7. The largest absolute Gasteiger partial charge is 0.393 e. The van der Waals surface area contributed by atoms with Crippen LogP contribution in [-0.2, 0) is 14.3 Å². The summed E-state index contributed by atoms with van der Waals surface area (Å²) >= 11 is 0. The van der Waals surface area contributed by atoms with Crippen LogP contribution in [0.15, 0.2) is 0 Å². The third-order valence-electron chi connectivity index (χ3n) is 21.5. The number of carbonyl (C=O) groups excluding carboxylic acids is 2. The van der Waals surface area contributed by atoms with Gasteiger partial charge < -0.3 is 25.0 Å². The first-order valence-electron chi connectivity index (χ1n) is 40.0. The number of hydrogen-bond acceptors (Lipinski definition) is 8. The highest BCUT2D eigenvalue weighted by atomic mass is 16.6. The molecule has 2 amide bonds. The number of rotatable bonds is 55. The molecule has 3 aliphatic rings. The van der Waals surface area contributed by atoms with Crippen LogP contribution in [0.25, 0.3) is 0 Å². The molecule has 5 N–H and O–H groups in total. The lowest BCUT2D eigenvalue weighted by Crippen LogP contribution is -2.68. The second kappa shape index (κ2) is 50.1. The van der Waals surface area contributed by atoms with E-state index in [4.69, 9.17) is 4.74 Å². The number of amides is 2. The lowest BCUT2D eigenvalue weighted by molar-refractivity contribution is -0.203.